The highest BCUT2D eigenvalue weighted by Crippen LogP contribution is 2.41. The summed E-state index contributed by atoms with van der Waals surface area (Å²) >= 11 is -2.26. The van der Waals surface area contributed by atoms with Crippen LogP contribution in [0.3, 0.4) is 0 Å². The van der Waals surface area contributed by atoms with Crippen LogP contribution in [-0.4, -0.2) is 21.8 Å². The average molecular weight is 345 g/mol. The van der Waals surface area contributed by atoms with Gasteiger partial charge in [-0.05, 0) is 61.1 Å². The third kappa shape index (κ3) is 3.34. The number of carbonyl (C=O) groups excluding carboxylic acids is 1. The van der Waals surface area contributed by atoms with Gasteiger partial charge in [0.1, 0.15) is 0 Å². The van der Waals surface area contributed by atoms with Crippen molar-refractivity contribution in [3.63, 3.8) is 0 Å². The zero-order valence-electron chi connectivity index (χ0n) is 13.6. The van der Waals surface area contributed by atoms with Crippen LogP contribution in [0.25, 0.3) is 0 Å². The molecule has 0 radical (unpaired) electrons. The first-order valence-electron chi connectivity index (χ1n) is 7.71. The molecule has 1 aliphatic rings. The molecule has 2 aromatic rings. The summed E-state index contributed by atoms with van der Waals surface area (Å²) in [5, 5.41) is 0. The predicted octanol–water partition coefficient (Wildman–Crippen LogP) is 3.93. The number of methoxy groups -OCH3 is 1. The molecule has 0 bridgehead atoms. The summed E-state index contributed by atoms with van der Waals surface area (Å²) in [7, 11) is 1.31. The van der Waals surface area contributed by atoms with Crippen LogP contribution in [0.15, 0.2) is 42.5 Å². The van der Waals surface area contributed by atoms with Crippen LogP contribution in [0.2, 0.25) is 0 Å². The molecular formula is C18H19NO4S. The highest BCUT2D eigenvalue weighted by molar-refractivity contribution is 7.81. The number of carbonyl (C=O) groups is 1. The Bertz CT molecular complexity index is 784. The molecule has 1 N–H and O–H groups in total. The molecular weight excluding hydrogens is 326 g/mol. The van der Waals surface area contributed by atoms with Gasteiger partial charge in [0.25, 0.3) is 11.3 Å². The molecule has 2 aromatic carbocycles. The fourth-order valence-electron chi connectivity index (χ4n) is 2.68. The van der Waals surface area contributed by atoms with Crippen LogP contribution < -0.4 is 4.31 Å². The van der Waals surface area contributed by atoms with Gasteiger partial charge in [-0.25, -0.2) is 13.3 Å². The predicted molar refractivity (Wildman–Crippen MR) is 93.8 cm³/mol. The fraction of sp³-hybridized carbons (Fsp3) is 0.278. The molecule has 0 heterocycles. The Labute approximate surface area is 143 Å². The Balaban J connectivity index is 2.01. The van der Waals surface area contributed by atoms with E-state index in [0.717, 1.165) is 5.56 Å². The van der Waals surface area contributed by atoms with Crippen molar-refractivity contribution in [3.8, 4) is 0 Å². The number of rotatable bonds is 5. The lowest BCUT2D eigenvalue weighted by atomic mass is 10.1. The molecule has 0 aromatic heterocycles. The van der Waals surface area contributed by atoms with E-state index in [9.17, 15) is 13.6 Å². The molecule has 1 atom stereocenters. The van der Waals surface area contributed by atoms with E-state index in [1.54, 1.807) is 18.2 Å². The van der Waals surface area contributed by atoms with Crippen molar-refractivity contribution < 1.29 is 18.3 Å². The third-order valence-electron chi connectivity index (χ3n) is 4.18. The summed E-state index contributed by atoms with van der Waals surface area (Å²) in [6.45, 7) is 1.83. The number of esters is 1. The van der Waals surface area contributed by atoms with Crippen LogP contribution in [0.1, 0.15) is 40.2 Å². The summed E-state index contributed by atoms with van der Waals surface area (Å²) in [6.07, 6.45) is 2.41. The van der Waals surface area contributed by atoms with Crippen molar-refractivity contribution in [2.45, 2.75) is 25.7 Å². The van der Waals surface area contributed by atoms with Crippen molar-refractivity contribution in [1.82, 2.24) is 0 Å². The summed E-state index contributed by atoms with van der Waals surface area (Å²) in [4.78, 5) is 11.8. The van der Waals surface area contributed by atoms with Gasteiger partial charge in [0.15, 0.2) is 0 Å². The maximum atomic E-state index is 12.0. The molecule has 24 heavy (non-hydrogen) atoms. The molecule has 6 heteroatoms. The van der Waals surface area contributed by atoms with E-state index >= 15 is 0 Å². The Morgan fingerprint density at radius 2 is 1.88 bits per heavy atom. The lowest BCUT2D eigenvalue weighted by Gasteiger charge is -2.22. The van der Waals surface area contributed by atoms with Crippen LogP contribution >= 0.6 is 0 Å². The van der Waals surface area contributed by atoms with Gasteiger partial charge in [0.05, 0.1) is 24.0 Å². The molecule has 3 rings (SSSR count). The quantitative estimate of drug-likeness (QED) is 0.658. The normalized spacial score (nSPS) is 15.0. The minimum Gasteiger partial charge on any atom is -0.465 e. The number of nitrogens with zero attached hydrogens (tertiary/aromatic N) is 1. The maximum Gasteiger partial charge on any atom is 0.337 e. The van der Waals surface area contributed by atoms with Crippen LogP contribution in [0.4, 0.5) is 11.4 Å². The second-order valence-corrected chi connectivity index (χ2v) is 6.71. The van der Waals surface area contributed by atoms with Crippen LogP contribution in [0, 0.1) is 6.92 Å². The SMILES string of the molecule is COC(=O)c1ccc(C)c(N(c2ccc(C3CC3)cc2)S(=O)O)c1. The van der Waals surface area contributed by atoms with Crippen LogP contribution in [-0.2, 0) is 16.0 Å². The summed E-state index contributed by atoms with van der Waals surface area (Å²) in [5.74, 6) is 0.139. The van der Waals surface area contributed by atoms with E-state index in [1.807, 2.05) is 31.2 Å². The largest absolute Gasteiger partial charge is 0.465 e. The maximum absolute atomic E-state index is 12.0. The second kappa shape index (κ2) is 6.75. The number of benzene rings is 2. The first-order valence-corrected chi connectivity index (χ1v) is 8.77. The molecule has 126 valence electrons. The van der Waals surface area contributed by atoms with Crippen LogP contribution in [0.5, 0.6) is 0 Å². The Hall–Kier alpha value is -2.18. The van der Waals surface area contributed by atoms with Crippen molar-refractivity contribution >= 4 is 28.6 Å². The Morgan fingerprint density at radius 3 is 2.42 bits per heavy atom. The van der Waals surface area contributed by atoms with E-state index in [1.165, 1.54) is 29.8 Å². The second-order valence-electron chi connectivity index (χ2n) is 5.88. The van der Waals surface area contributed by atoms with Gasteiger partial charge in [-0.15, -0.1) is 0 Å². The van der Waals surface area contributed by atoms with Crippen molar-refractivity contribution in [3.05, 3.63) is 59.2 Å². The van der Waals surface area contributed by atoms with E-state index in [0.29, 0.717) is 22.9 Å². The Kier molecular flexibility index (Phi) is 4.69. The summed E-state index contributed by atoms with van der Waals surface area (Å²) in [6, 6.07) is 12.6. The summed E-state index contributed by atoms with van der Waals surface area (Å²) in [5.41, 5.74) is 3.48. The number of hydrogen-bond acceptors (Lipinski definition) is 3. The molecule has 0 amide bonds. The van der Waals surface area contributed by atoms with Crippen molar-refractivity contribution in [1.29, 1.82) is 0 Å². The van der Waals surface area contributed by atoms with Gasteiger partial charge in [-0.1, -0.05) is 18.2 Å². The van der Waals surface area contributed by atoms with Gasteiger partial charge in [0.2, 0.25) is 0 Å². The van der Waals surface area contributed by atoms with Gasteiger partial charge >= 0.3 is 5.97 Å². The molecule has 0 aliphatic heterocycles. The van der Waals surface area contributed by atoms with Gasteiger partial charge in [-0.3, -0.25) is 4.55 Å². The number of ether oxygens (including phenoxy) is 1. The third-order valence-corrected chi connectivity index (χ3v) is 4.90. The minimum absolute atomic E-state index is 0.336. The van der Waals surface area contributed by atoms with Crippen molar-refractivity contribution in [2.75, 3.05) is 11.4 Å². The highest BCUT2D eigenvalue weighted by Gasteiger charge is 2.24. The van der Waals surface area contributed by atoms with E-state index in [-0.39, 0.29) is 0 Å². The molecule has 1 unspecified atom stereocenters. The van der Waals surface area contributed by atoms with Gasteiger partial charge in [0, 0.05) is 0 Å². The minimum atomic E-state index is -2.26. The lowest BCUT2D eigenvalue weighted by molar-refractivity contribution is 0.0600. The molecule has 0 spiro atoms. The standard InChI is InChI=1S/C18H19NO4S/c1-12-3-4-15(18(20)23-2)11-17(12)19(24(21)22)16-9-7-14(8-10-16)13-5-6-13/h3-4,7-11,13H,5-6H2,1-2H3,(H,21,22). The Morgan fingerprint density at radius 1 is 1.21 bits per heavy atom. The zero-order chi connectivity index (χ0) is 17.3. The number of anilines is 2. The number of hydrogen-bond donors (Lipinski definition) is 1. The highest BCUT2D eigenvalue weighted by atomic mass is 32.2. The first-order chi connectivity index (χ1) is 11.5. The van der Waals surface area contributed by atoms with Gasteiger partial charge in [-0.2, -0.15) is 0 Å². The molecule has 1 fully saturated rings. The molecule has 1 saturated carbocycles. The molecule has 5 nitrogen and oxygen atoms in total. The smallest absolute Gasteiger partial charge is 0.337 e. The fourth-order valence-corrected chi connectivity index (χ4v) is 3.35. The molecule has 1 aliphatic carbocycles. The van der Waals surface area contributed by atoms with E-state index < -0.39 is 17.2 Å². The first kappa shape index (κ1) is 16.7. The lowest BCUT2D eigenvalue weighted by Crippen LogP contribution is -2.20. The zero-order valence-corrected chi connectivity index (χ0v) is 14.4. The van der Waals surface area contributed by atoms with Crippen molar-refractivity contribution in [2.24, 2.45) is 0 Å². The number of aryl methyl sites for hydroxylation is 1. The topological polar surface area (TPSA) is 66.8 Å². The molecule has 0 saturated heterocycles. The monoisotopic (exact) mass is 345 g/mol. The average Bonchev–Trinajstić information content (AvgIpc) is 3.41. The van der Waals surface area contributed by atoms with E-state index in [4.69, 9.17) is 4.74 Å². The van der Waals surface area contributed by atoms with E-state index in [2.05, 4.69) is 0 Å². The van der Waals surface area contributed by atoms with Gasteiger partial charge < -0.3 is 4.74 Å². The summed E-state index contributed by atoms with van der Waals surface area (Å²) < 4.78 is 27.8.